The largest absolute Gasteiger partial charge is 0.872 e. The monoisotopic (exact) mass is 727 g/mol. The number of rotatable bonds is 5. The Morgan fingerprint density at radius 3 is 1.33 bits per heavy atom. The van der Waals surface area contributed by atoms with Crippen LogP contribution >= 0.6 is 0 Å². The van der Waals surface area contributed by atoms with Crippen molar-refractivity contribution in [2.45, 2.75) is 55.7 Å². The number of hydrogen-bond acceptors (Lipinski definition) is 11. The van der Waals surface area contributed by atoms with Crippen LogP contribution in [0.1, 0.15) is 73.8 Å². The SMILES string of the molecule is CCC(=O)c1ccc(-c2cc3c(O)c(c2)Cc2cc(S(=O)(=O)[O-])cc(c2O)Cc2cc(C)cc(c2O)Cc2cc(S(=O)(=O)[O-])cc(c2[O-])C3)cc1. The number of carbonyl (C=O) groups is 1. The van der Waals surface area contributed by atoms with Gasteiger partial charge in [-0.15, -0.1) is 5.75 Å². The van der Waals surface area contributed by atoms with Crippen LogP contribution in [0, 0.1) is 6.92 Å². The van der Waals surface area contributed by atoms with E-state index in [0.29, 0.717) is 22.3 Å². The van der Waals surface area contributed by atoms with Gasteiger partial charge in [-0.2, -0.15) is 0 Å². The molecule has 13 heteroatoms. The van der Waals surface area contributed by atoms with E-state index in [9.17, 15) is 51.2 Å². The summed E-state index contributed by atoms with van der Waals surface area (Å²) in [4.78, 5) is 11.0. The molecule has 1 aliphatic carbocycles. The number of hydrogen-bond donors (Lipinski definition) is 3. The lowest BCUT2D eigenvalue weighted by Crippen LogP contribution is -2.09. The highest BCUT2D eigenvalue weighted by Gasteiger charge is 2.22. The molecule has 0 aliphatic heterocycles. The van der Waals surface area contributed by atoms with Crippen molar-refractivity contribution in [2.75, 3.05) is 0 Å². The number of phenols is 3. The van der Waals surface area contributed by atoms with Gasteiger partial charge < -0.3 is 29.5 Å². The zero-order valence-corrected chi connectivity index (χ0v) is 29.0. The second-order valence-corrected chi connectivity index (χ2v) is 15.5. The number of carbonyl (C=O) groups excluding carboxylic acids is 1. The third-order valence-corrected chi connectivity index (χ3v) is 10.7. The third kappa shape index (κ3) is 7.19. The van der Waals surface area contributed by atoms with Crippen LogP contribution < -0.4 is 5.11 Å². The minimum absolute atomic E-state index is 0.0147. The molecule has 0 saturated carbocycles. The molecule has 11 nitrogen and oxygen atoms in total. The lowest BCUT2D eigenvalue weighted by atomic mass is 9.89. The molecule has 0 unspecified atom stereocenters. The number of benzene rings is 5. The molecule has 0 fully saturated rings. The van der Waals surface area contributed by atoms with Crippen molar-refractivity contribution >= 4 is 26.0 Å². The summed E-state index contributed by atoms with van der Waals surface area (Å²) in [6.45, 7) is 3.42. The predicted octanol–water partition coefficient (Wildman–Crippen LogP) is 4.93. The van der Waals surface area contributed by atoms with Crippen LogP contribution in [0.25, 0.3) is 11.1 Å². The smallest absolute Gasteiger partial charge is 0.162 e. The van der Waals surface area contributed by atoms with Gasteiger partial charge in [-0.3, -0.25) is 4.79 Å². The number of ketones is 1. The highest BCUT2D eigenvalue weighted by atomic mass is 32.2. The summed E-state index contributed by atoms with van der Waals surface area (Å²) in [5, 5.41) is 48.4. The van der Waals surface area contributed by atoms with E-state index in [2.05, 4.69) is 0 Å². The number of aryl methyl sites for hydroxylation is 1. The van der Waals surface area contributed by atoms with Gasteiger partial charge in [0.05, 0.1) is 9.79 Å². The van der Waals surface area contributed by atoms with Crippen LogP contribution in [0.4, 0.5) is 0 Å². The lowest BCUT2D eigenvalue weighted by molar-refractivity contribution is -0.270. The summed E-state index contributed by atoms with van der Waals surface area (Å²) in [7, 11) is -10.1. The first-order valence-electron chi connectivity index (χ1n) is 15.8. The zero-order valence-electron chi connectivity index (χ0n) is 27.4. The number of phenolic OH excluding ortho intramolecular Hbond substituents is 3. The van der Waals surface area contributed by atoms with Crippen molar-refractivity contribution in [1.82, 2.24) is 0 Å². The fraction of sp³-hybridized carbons (Fsp3) is 0.184. The Kier molecular flexibility index (Phi) is 9.19. The summed E-state index contributed by atoms with van der Waals surface area (Å²) in [6, 6.07) is 16.8. The van der Waals surface area contributed by atoms with Crippen molar-refractivity contribution in [3.63, 3.8) is 0 Å². The van der Waals surface area contributed by atoms with Crippen LogP contribution in [-0.4, -0.2) is 47.0 Å². The van der Waals surface area contributed by atoms with Gasteiger partial charge in [0.2, 0.25) is 0 Å². The maximum absolute atomic E-state index is 13.9. The highest BCUT2D eigenvalue weighted by Crippen LogP contribution is 2.40. The Morgan fingerprint density at radius 1 is 0.588 bits per heavy atom. The number of Topliss-reactive ketones (excluding diaryl/α,β-unsaturated/α-hetero) is 1. The van der Waals surface area contributed by atoms with Gasteiger partial charge in [0.1, 0.15) is 37.5 Å². The van der Waals surface area contributed by atoms with E-state index in [0.717, 1.165) is 24.3 Å². The zero-order chi connectivity index (χ0) is 37.0. The van der Waals surface area contributed by atoms with Crippen LogP contribution in [0.15, 0.2) is 82.6 Å². The van der Waals surface area contributed by atoms with Crippen LogP contribution in [0.3, 0.4) is 0 Å². The van der Waals surface area contributed by atoms with Crippen molar-refractivity contribution < 1.29 is 51.2 Å². The van der Waals surface area contributed by atoms with Crippen molar-refractivity contribution in [1.29, 1.82) is 0 Å². The molecule has 264 valence electrons. The molecule has 51 heavy (non-hydrogen) atoms. The summed E-state index contributed by atoms with van der Waals surface area (Å²) in [5.41, 5.74) is 2.51. The van der Waals surface area contributed by atoms with Gasteiger partial charge in [-0.1, -0.05) is 48.9 Å². The normalized spacial score (nSPS) is 13.2. The van der Waals surface area contributed by atoms with E-state index in [1.165, 1.54) is 0 Å². The Morgan fingerprint density at radius 2 is 0.941 bits per heavy atom. The molecule has 0 radical (unpaired) electrons. The molecule has 0 heterocycles. The van der Waals surface area contributed by atoms with Crippen LogP contribution in [0.2, 0.25) is 0 Å². The third-order valence-electron chi connectivity index (χ3n) is 9.10. The second-order valence-electron chi connectivity index (χ2n) is 12.7. The molecule has 0 amide bonds. The van der Waals surface area contributed by atoms with Gasteiger partial charge >= 0.3 is 0 Å². The Labute approximate surface area is 294 Å². The van der Waals surface area contributed by atoms with E-state index in [-0.39, 0.29) is 99.6 Å². The van der Waals surface area contributed by atoms with E-state index < -0.39 is 35.8 Å². The molecule has 5 aromatic carbocycles. The van der Waals surface area contributed by atoms with Crippen molar-refractivity contribution in [3.8, 4) is 34.1 Å². The van der Waals surface area contributed by atoms with E-state index in [1.54, 1.807) is 62.4 Å². The summed E-state index contributed by atoms with van der Waals surface area (Å²) in [6.07, 6.45) is -0.935. The van der Waals surface area contributed by atoms with E-state index in [4.69, 9.17) is 0 Å². The average Bonchev–Trinajstić information content (AvgIpc) is 3.06. The average molecular weight is 728 g/mol. The Hall–Kier alpha value is -5.21. The van der Waals surface area contributed by atoms with Gasteiger partial charge in [0, 0.05) is 37.7 Å². The predicted molar refractivity (Wildman–Crippen MR) is 182 cm³/mol. The first-order valence-corrected chi connectivity index (χ1v) is 18.6. The van der Waals surface area contributed by atoms with E-state index >= 15 is 0 Å². The van der Waals surface area contributed by atoms with Crippen LogP contribution in [-0.2, 0) is 45.9 Å². The van der Waals surface area contributed by atoms with Gasteiger partial charge in [0.25, 0.3) is 0 Å². The topological polar surface area (TPSA) is 215 Å². The molecular formula is C38H31O11S2-3. The Bertz CT molecular complexity index is 2330. The van der Waals surface area contributed by atoms with Gasteiger partial charge in [-0.05, 0) is 99.0 Å². The van der Waals surface area contributed by atoms with E-state index in [1.807, 2.05) is 0 Å². The molecule has 0 atom stereocenters. The summed E-state index contributed by atoms with van der Waals surface area (Å²) < 4.78 is 73.7. The minimum Gasteiger partial charge on any atom is -0.872 e. The van der Waals surface area contributed by atoms with Gasteiger partial charge in [0.15, 0.2) is 5.78 Å². The standard InChI is InChI=1S/C38H34O11S2/c1-3-34(39)22-6-4-21(5-7-22)23-10-26-14-30-18-32(50(44,45)46)16-28(37(30)42)12-24-8-20(2)9-25(35(24)40)13-29-17-33(51(47,48)49)19-31(38(29)43)15-27(11-23)36(26)41/h4-11,16-19,40-43H,3,12-15H2,1-2H3,(H,44,45,46)(H,47,48,49)/p-3. The molecule has 0 saturated heterocycles. The molecule has 8 bridgehead atoms. The maximum atomic E-state index is 13.9. The fourth-order valence-electron chi connectivity index (χ4n) is 6.54. The summed E-state index contributed by atoms with van der Waals surface area (Å²) >= 11 is 0. The second kappa shape index (κ2) is 13.2. The molecule has 3 N–H and O–H groups in total. The first kappa shape index (κ1) is 35.6. The molecule has 0 aromatic heterocycles. The van der Waals surface area contributed by atoms with Crippen molar-refractivity contribution in [3.05, 3.63) is 128 Å². The molecule has 0 spiro atoms. The van der Waals surface area contributed by atoms with Crippen LogP contribution in [0.5, 0.6) is 23.0 Å². The first-order chi connectivity index (χ1) is 23.9. The fourth-order valence-corrected chi connectivity index (χ4v) is 7.69. The number of aromatic hydroxyl groups is 3. The molecular weight excluding hydrogens is 697 g/mol. The highest BCUT2D eigenvalue weighted by molar-refractivity contribution is 7.86. The quantitative estimate of drug-likeness (QED) is 0.160. The van der Waals surface area contributed by atoms with Gasteiger partial charge in [-0.25, -0.2) is 16.8 Å². The van der Waals surface area contributed by atoms with Crippen molar-refractivity contribution in [2.24, 2.45) is 0 Å². The maximum Gasteiger partial charge on any atom is 0.162 e. The molecule has 6 rings (SSSR count). The lowest BCUT2D eigenvalue weighted by Gasteiger charge is -2.24. The molecule has 5 aromatic rings. The number of fused-ring (bicyclic) bond motifs is 8. The minimum atomic E-state index is -5.06. The Balaban J connectivity index is 1.66. The summed E-state index contributed by atoms with van der Waals surface area (Å²) in [5.74, 6) is -1.75. The molecule has 1 aliphatic rings.